The molecule has 0 radical (unpaired) electrons. The van der Waals surface area contributed by atoms with E-state index < -0.39 is 0 Å². The summed E-state index contributed by atoms with van der Waals surface area (Å²) in [5.41, 5.74) is 1.38. The number of aliphatic hydroxyl groups is 1. The van der Waals surface area contributed by atoms with Gasteiger partial charge in [0.2, 0.25) is 0 Å². The first-order chi connectivity index (χ1) is 9.35. The smallest absolute Gasteiger partial charge is 0.257 e. The van der Waals surface area contributed by atoms with Crippen LogP contribution < -0.4 is 0 Å². The molecule has 2 heterocycles. The normalized spacial score (nSPS) is 10.8. The molecule has 0 saturated heterocycles. The van der Waals surface area contributed by atoms with Crippen molar-refractivity contribution in [1.29, 1.82) is 0 Å². The van der Waals surface area contributed by atoms with E-state index in [9.17, 15) is 0 Å². The number of benzene rings is 1. The minimum atomic E-state index is -0.137. The Kier molecular flexibility index (Phi) is 3.03. The molecule has 3 aromatic rings. The van der Waals surface area contributed by atoms with E-state index >= 15 is 0 Å². The van der Waals surface area contributed by atoms with Crippen LogP contribution in [-0.2, 0) is 13.2 Å². The Morgan fingerprint density at radius 1 is 1.21 bits per heavy atom. The van der Waals surface area contributed by atoms with Gasteiger partial charge >= 0.3 is 0 Å². The molecule has 1 N–H and O–H groups in total. The van der Waals surface area contributed by atoms with Gasteiger partial charge in [0.25, 0.3) is 5.89 Å². The molecule has 3 rings (SSSR count). The lowest BCUT2D eigenvalue weighted by Gasteiger charge is -1.92. The summed E-state index contributed by atoms with van der Waals surface area (Å²) >= 11 is 0. The molecule has 2 aromatic heterocycles. The zero-order valence-corrected chi connectivity index (χ0v) is 9.97. The zero-order valence-electron chi connectivity index (χ0n) is 9.97. The van der Waals surface area contributed by atoms with Gasteiger partial charge < -0.3 is 9.63 Å². The molecule has 0 aliphatic carbocycles. The lowest BCUT2D eigenvalue weighted by molar-refractivity contribution is 0.276. The van der Waals surface area contributed by atoms with Crippen molar-refractivity contribution in [3.8, 4) is 11.5 Å². The molecule has 0 atom stereocenters. The van der Waals surface area contributed by atoms with E-state index in [0.29, 0.717) is 24.0 Å². The second kappa shape index (κ2) is 4.99. The van der Waals surface area contributed by atoms with Crippen LogP contribution in [-0.4, -0.2) is 30.2 Å². The Morgan fingerprint density at radius 2 is 2.05 bits per heavy atom. The molecule has 0 unspecified atom stereocenters. The first-order valence-electron chi connectivity index (χ1n) is 5.73. The maximum atomic E-state index is 8.90. The van der Waals surface area contributed by atoms with Crippen LogP contribution in [0.5, 0.6) is 0 Å². The van der Waals surface area contributed by atoms with Crippen molar-refractivity contribution in [3.63, 3.8) is 0 Å². The molecule has 7 nitrogen and oxygen atoms in total. The maximum Gasteiger partial charge on any atom is 0.257 e. The lowest BCUT2D eigenvalue weighted by atomic mass is 10.2. The highest BCUT2D eigenvalue weighted by Gasteiger charge is 2.09. The Hall–Kier alpha value is -2.54. The van der Waals surface area contributed by atoms with Crippen molar-refractivity contribution in [2.75, 3.05) is 0 Å². The summed E-state index contributed by atoms with van der Waals surface area (Å²) in [5, 5.41) is 20.4. The van der Waals surface area contributed by atoms with E-state index in [4.69, 9.17) is 9.63 Å². The third-order valence-corrected chi connectivity index (χ3v) is 2.54. The predicted molar refractivity (Wildman–Crippen MR) is 64.8 cm³/mol. The molecule has 96 valence electrons. The van der Waals surface area contributed by atoms with Gasteiger partial charge in [-0.1, -0.05) is 28.6 Å². The zero-order chi connectivity index (χ0) is 13.1. The second-order valence-corrected chi connectivity index (χ2v) is 3.95. The summed E-state index contributed by atoms with van der Waals surface area (Å²) in [4.78, 5) is 4.28. The van der Waals surface area contributed by atoms with Gasteiger partial charge in [-0.2, -0.15) is 4.98 Å². The summed E-state index contributed by atoms with van der Waals surface area (Å²) in [6.07, 6.45) is 1.64. The van der Waals surface area contributed by atoms with Crippen LogP contribution in [0.4, 0.5) is 0 Å². The highest BCUT2D eigenvalue weighted by atomic mass is 16.5. The Morgan fingerprint density at radius 3 is 2.79 bits per heavy atom. The largest absolute Gasteiger partial charge is 0.390 e. The molecule has 19 heavy (non-hydrogen) atoms. The number of aliphatic hydroxyl groups excluding tert-OH is 1. The SMILES string of the molecule is OCc1cn(Cc2noc(-c3ccccc3)n2)nn1. The fourth-order valence-corrected chi connectivity index (χ4v) is 1.65. The minimum absolute atomic E-state index is 0.137. The van der Waals surface area contributed by atoms with Crippen LogP contribution in [0.1, 0.15) is 11.5 Å². The van der Waals surface area contributed by atoms with Crippen LogP contribution in [0, 0.1) is 0 Å². The fourth-order valence-electron chi connectivity index (χ4n) is 1.65. The van der Waals surface area contributed by atoms with Gasteiger partial charge in [0.05, 0.1) is 12.8 Å². The van der Waals surface area contributed by atoms with Crippen molar-refractivity contribution in [2.45, 2.75) is 13.2 Å². The molecular weight excluding hydrogens is 246 g/mol. The number of hydrogen-bond acceptors (Lipinski definition) is 6. The van der Waals surface area contributed by atoms with Crippen molar-refractivity contribution in [3.05, 3.63) is 48.0 Å². The van der Waals surface area contributed by atoms with E-state index in [1.54, 1.807) is 10.9 Å². The average Bonchev–Trinajstić information content (AvgIpc) is 3.09. The summed E-state index contributed by atoms with van der Waals surface area (Å²) in [7, 11) is 0. The Labute approximate surface area is 108 Å². The molecule has 1 aromatic carbocycles. The third kappa shape index (κ3) is 2.50. The maximum absolute atomic E-state index is 8.90. The molecular formula is C12H11N5O2. The quantitative estimate of drug-likeness (QED) is 0.745. The van der Waals surface area contributed by atoms with E-state index in [2.05, 4.69) is 20.5 Å². The van der Waals surface area contributed by atoms with Crippen molar-refractivity contribution < 1.29 is 9.63 Å². The molecule has 0 aliphatic heterocycles. The van der Waals surface area contributed by atoms with Crippen LogP contribution in [0.25, 0.3) is 11.5 Å². The van der Waals surface area contributed by atoms with Crippen molar-refractivity contribution in [1.82, 2.24) is 25.1 Å². The first kappa shape index (κ1) is 11.5. The van der Waals surface area contributed by atoms with Crippen molar-refractivity contribution in [2.24, 2.45) is 0 Å². The number of nitrogens with zero attached hydrogens (tertiary/aromatic N) is 5. The van der Waals surface area contributed by atoms with Crippen LogP contribution in [0.3, 0.4) is 0 Å². The predicted octanol–water partition coefficient (Wildman–Crippen LogP) is 0.869. The summed E-state index contributed by atoms with van der Waals surface area (Å²) in [5.74, 6) is 0.978. The molecule has 0 fully saturated rings. The van der Waals surface area contributed by atoms with Gasteiger partial charge in [-0.25, -0.2) is 4.68 Å². The van der Waals surface area contributed by atoms with E-state index in [0.717, 1.165) is 5.56 Å². The highest BCUT2D eigenvalue weighted by molar-refractivity contribution is 5.51. The van der Waals surface area contributed by atoms with E-state index in [-0.39, 0.29) is 6.61 Å². The highest BCUT2D eigenvalue weighted by Crippen LogP contribution is 2.16. The summed E-state index contributed by atoms with van der Waals surface area (Å²) in [6, 6.07) is 9.54. The second-order valence-electron chi connectivity index (χ2n) is 3.95. The fraction of sp³-hybridized carbons (Fsp3) is 0.167. The first-order valence-corrected chi connectivity index (χ1v) is 5.73. The third-order valence-electron chi connectivity index (χ3n) is 2.54. The Bertz CT molecular complexity index is 662. The minimum Gasteiger partial charge on any atom is -0.390 e. The van der Waals surface area contributed by atoms with E-state index in [1.807, 2.05) is 30.3 Å². The molecule has 0 aliphatic rings. The van der Waals surface area contributed by atoms with Gasteiger partial charge in [0, 0.05) is 5.56 Å². The molecule has 0 bridgehead atoms. The van der Waals surface area contributed by atoms with Crippen LogP contribution >= 0.6 is 0 Å². The van der Waals surface area contributed by atoms with Crippen LogP contribution in [0.2, 0.25) is 0 Å². The standard InChI is InChI=1S/C12H11N5O2/c18-8-10-6-17(16-14-10)7-11-13-12(19-15-11)9-4-2-1-3-5-9/h1-6,18H,7-8H2. The molecule has 0 spiro atoms. The molecule has 0 amide bonds. The number of rotatable bonds is 4. The lowest BCUT2D eigenvalue weighted by Crippen LogP contribution is -2.02. The van der Waals surface area contributed by atoms with Gasteiger partial charge in [-0.05, 0) is 12.1 Å². The van der Waals surface area contributed by atoms with Gasteiger partial charge in [0.1, 0.15) is 12.2 Å². The van der Waals surface area contributed by atoms with Gasteiger partial charge in [-0.15, -0.1) is 5.10 Å². The van der Waals surface area contributed by atoms with Gasteiger partial charge in [-0.3, -0.25) is 0 Å². The molecule has 7 heteroatoms. The summed E-state index contributed by atoms with van der Waals surface area (Å²) < 4.78 is 6.73. The summed E-state index contributed by atoms with van der Waals surface area (Å²) in [6.45, 7) is 0.213. The monoisotopic (exact) mass is 257 g/mol. The van der Waals surface area contributed by atoms with E-state index in [1.165, 1.54) is 0 Å². The molecule has 0 saturated carbocycles. The average molecular weight is 257 g/mol. The number of hydrogen-bond donors (Lipinski definition) is 1. The van der Waals surface area contributed by atoms with Gasteiger partial charge in [0.15, 0.2) is 5.82 Å². The van der Waals surface area contributed by atoms with Crippen molar-refractivity contribution >= 4 is 0 Å². The number of aromatic nitrogens is 5. The Balaban J connectivity index is 1.78. The van der Waals surface area contributed by atoms with Crippen LogP contribution in [0.15, 0.2) is 41.1 Å². The topological polar surface area (TPSA) is 89.9 Å².